The zero-order chi connectivity index (χ0) is 10.7. The maximum Gasteiger partial charge on any atom is -0.0166 e. The largest absolute Gasteiger partial charge is 0.0985 e. The Bertz CT molecular complexity index is 370. The third kappa shape index (κ3) is 1.79. The zero-order valence-corrected chi connectivity index (χ0v) is 9.35. The molecule has 1 aromatic carbocycles. The van der Waals surface area contributed by atoms with Gasteiger partial charge in [-0.25, -0.2) is 0 Å². The summed E-state index contributed by atoms with van der Waals surface area (Å²) in [5.74, 6) is 0. The SMILES string of the molecule is C=Cc1ccc(C)c(C(=C)CC)c1C. The van der Waals surface area contributed by atoms with Gasteiger partial charge in [-0.15, -0.1) is 0 Å². The Balaban J connectivity index is 3.39. The summed E-state index contributed by atoms with van der Waals surface area (Å²) in [5, 5.41) is 0. The number of allylic oxidation sites excluding steroid dienone is 1. The summed E-state index contributed by atoms with van der Waals surface area (Å²) in [6.07, 6.45) is 2.91. The van der Waals surface area contributed by atoms with Gasteiger partial charge in [0.1, 0.15) is 0 Å². The van der Waals surface area contributed by atoms with Crippen LogP contribution >= 0.6 is 0 Å². The minimum Gasteiger partial charge on any atom is -0.0985 e. The van der Waals surface area contributed by atoms with Gasteiger partial charge >= 0.3 is 0 Å². The van der Waals surface area contributed by atoms with Gasteiger partial charge in [0.15, 0.2) is 0 Å². The highest BCUT2D eigenvalue weighted by molar-refractivity contribution is 5.72. The fourth-order valence-corrected chi connectivity index (χ4v) is 1.81. The highest BCUT2D eigenvalue weighted by Gasteiger charge is 2.07. The van der Waals surface area contributed by atoms with Crippen LogP contribution in [0.2, 0.25) is 0 Å². The van der Waals surface area contributed by atoms with Crippen molar-refractivity contribution in [1.29, 1.82) is 0 Å². The summed E-state index contributed by atoms with van der Waals surface area (Å²) >= 11 is 0. The van der Waals surface area contributed by atoms with Crippen molar-refractivity contribution in [3.8, 4) is 0 Å². The van der Waals surface area contributed by atoms with Crippen molar-refractivity contribution in [2.75, 3.05) is 0 Å². The fourth-order valence-electron chi connectivity index (χ4n) is 1.81. The van der Waals surface area contributed by atoms with Gasteiger partial charge in [0.25, 0.3) is 0 Å². The number of hydrogen-bond donors (Lipinski definition) is 0. The van der Waals surface area contributed by atoms with Gasteiger partial charge < -0.3 is 0 Å². The summed E-state index contributed by atoms with van der Waals surface area (Å²) in [4.78, 5) is 0. The van der Waals surface area contributed by atoms with Crippen LogP contribution in [-0.2, 0) is 0 Å². The molecule has 0 nitrogen and oxygen atoms in total. The minimum atomic E-state index is 1.00. The lowest BCUT2D eigenvalue weighted by molar-refractivity contribution is 1.21. The summed E-state index contributed by atoms with van der Waals surface area (Å²) < 4.78 is 0. The van der Waals surface area contributed by atoms with E-state index >= 15 is 0 Å². The van der Waals surface area contributed by atoms with Crippen LogP contribution in [0.15, 0.2) is 25.3 Å². The average Bonchev–Trinajstić information content (AvgIpc) is 2.18. The summed E-state index contributed by atoms with van der Waals surface area (Å²) in [6.45, 7) is 14.3. The van der Waals surface area contributed by atoms with E-state index in [0.29, 0.717) is 0 Å². The Kier molecular flexibility index (Phi) is 3.29. The maximum absolute atomic E-state index is 4.11. The first-order chi connectivity index (χ1) is 6.61. The van der Waals surface area contributed by atoms with Gasteiger partial charge in [-0.2, -0.15) is 0 Å². The lowest BCUT2D eigenvalue weighted by Gasteiger charge is -2.13. The molecule has 0 fully saturated rings. The smallest absolute Gasteiger partial charge is 0.0166 e. The fraction of sp³-hybridized carbons (Fsp3) is 0.286. The van der Waals surface area contributed by atoms with E-state index in [1.807, 2.05) is 6.08 Å². The quantitative estimate of drug-likeness (QED) is 0.657. The van der Waals surface area contributed by atoms with Crippen LogP contribution < -0.4 is 0 Å². The molecule has 0 heteroatoms. The normalized spacial score (nSPS) is 9.93. The van der Waals surface area contributed by atoms with Gasteiger partial charge in [0, 0.05) is 0 Å². The third-order valence-electron chi connectivity index (χ3n) is 2.72. The molecule has 0 spiro atoms. The van der Waals surface area contributed by atoms with Crippen molar-refractivity contribution in [3.05, 3.63) is 47.5 Å². The van der Waals surface area contributed by atoms with E-state index in [-0.39, 0.29) is 0 Å². The standard InChI is InChI=1S/C14H18/c1-6-10(3)14-11(4)8-9-13(7-2)12(14)5/h7-9H,2-3,6H2,1,4-5H3. The Labute approximate surface area is 87.0 Å². The molecule has 0 aliphatic rings. The van der Waals surface area contributed by atoms with Gasteiger partial charge in [-0.3, -0.25) is 0 Å². The second-order valence-corrected chi connectivity index (χ2v) is 3.63. The van der Waals surface area contributed by atoms with Crippen molar-refractivity contribution in [1.82, 2.24) is 0 Å². The predicted octanol–water partition coefficient (Wildman–Crippen LogP) is 4.37. The second kappa shape index (κ2) is 4.28. The highest BCUT2D eigenvalue weighted by atomic mass is 14.1. The lowest BCUT2D eigenvalue weighted by Crippen LogP contribution is -1.94. The van der Waals surface area contributed by atoms with Crippen LogP contribution in [-0.4, -0.2) is 0 Å². The molecule has 14 heavy (non-hydrogen) atoms. The molecule has 0 aliphatic carbocycles. The summed E-state index contributed by atoms with van der Waals surface area (Å²) in [6, 6.07) is 4.25. The van der Waals surface area contributed by atoms with E-state index in [1.165, 1.54) is 27.8 Å². The van der Waals surface area contributed by atoms with E-state index in [2.05, 4.69) is 46.1 Å². The Hall–Kier alpha value is -1.30. The van der Waals surface area contributed by atoms with Crippen molar-refractivity contribution < 1.29 is 0 Å². The zero-order valence-electron chi connectivity index (χ0n) is 9.35. The number of hydrogen-bond acceptors (Lipinski definition) is 0. The maximum atomic E-state index is 4.11. The van der Waals surface area contributed by atoms with Crippen molar-refractivity contribution >= 4 is 11.6 Å². The van der Waals surface area contributed by atoms with Gasteiger partial charge in [-0.05, 0) is 48.1 Å². The Morgan fingerprint density at radius 3 is 2.50 bits per heavy atom. The first-order valence-corrected chi connectivity index (χ1v) is 5.02. The molecule has 0 atom stereocenters. The molecule has 0 saturated carbocycles. The minimum absolute atomic E-state index is 1.00. The van der Waals surface area contributed by atoms with Crippen LogP contribution in [0.1, 0.15) is 35.6 Å². The summed E-state index contributed by atoms with van der Waals surface area (Å²) in [5.41, 5.74) is 6.33. The molecule has 1 aromatic rings. The average molecular weight is 186 g/mol. The molecule has 0 N–H and O–H groups in total. The molecule has 0 aliphatic heterocycles. The van der Waals surface area contributed by atoms with Gasteiger partial charge in [0.2, 0.25) is 0 Å². The van der Waals surface area contributed by atoms with Crippen LogP contribution in [0.3, 0.4) is 0 Å². The Morgan fingerprint density at radius 1 is 1.36 bits per heavy atom. The monoisotopic (exact) mass is 186 g/mol. The van der Waals surface area contributed by atoms with E-state index in [0.717, 1.165) is 6.42 Å². The van der Waals surface area contributed by atoms with Gasteiger partial charge in [-0.1, -0.05) is 38.3 Å². The topological polar surface area (TPSA) is 0 Å². The molecule has 0 aromatic heterocycles. The van der Waals surface area contributed by atoms with Crippen molar-refractivity contribution in [2.24, 2.45) is 0 Å². The van der Waals surface area contributed by atoms with E-state index in [1.54, 1.807) is 0 Å². The Morgan fingerprint density at radius 2 is 2.00 bits per heavy atom. The van der Waals surface area contributed by atoms with Crippen LogP contribution in [0.4, 0.5) is 0 Å². The lowest BCUT2D eigenvalue weighted by atomic mass is 9.92. The molecular weight excluding hydrogens is 168 g/mol. The van der Waals surface area contributed by atoms with E-state index in [9.17, 15) is 0 Å². The molecule has 0 unspecified atom stereocenters. The molecule has 74 valence electrons. The molecule has 0 amide bonds. The molecular formula is C14H18. The first kappa shape index (κ1) is 10.8. The number of aryl methyl sites for hydroxylation is 1. The van der Waals surface area contributed by atoms with Crippen LogP contribution in [0, 0.1) is 13.8 Å². The predicted molar refractivity (Wildman–Crippen MR) is 65.3 cm³/mol. The van der Waals surface area contributed by atoms with Crippen LogP contribution in [0.5, 0.6) is 0 Å². The van der Waals surface area contributed by atoms with Crippen molar-refractivity contribution in [2.45, 2.75) is 27.2 Å². The molecule has 0 saturated heterocycles. The molecule has 0 bridgehead atoms. The summed E-state index contributed by atoms with van der Waals surface area (Å²) in [7, 11) is 0. The van der Waals surface area contributed by atoms with E-state index in [4.69, 9.17) is 0 Å². The molecule has 0 radical (unpaired) electrons. The highest BCUT2D eigenvalue weighted by Crippen LogP contribution is 2.26. The first-order valence-electron chi connectivity index (χ1n) is 5.02. The van der Waals surface area contributed by atoms with Crippen molar-refractivity contribution in [3.63, 3.8) is 0 Å². The second-order valence-electron chi connectivity index (χ2n) is 3.63. The van der Waals surface area contributed by atoms with Gasteiger partial charge in [0.05, 0.1) is 0 Å². The third-order valence-corrected chi connectivity index (χ3v) is 2.72. The number of rotatable bonds is 3. The molecule has 1 rings (SSSR count). The van der Waals surface area contributed by atoms with E-state index < -0.39 is 0 Å². The molecule has 0 heterocycles. The van der Waals surface area contributed by atoms with Crippen LogP contribution in [0.25, 0.3) is 11.6 Å². The number of benzene rings is 1.